The summed E-state index contributed by atoms with van der Waals surface area (Å²) < 4.78 is 15.2. The van der Waals surface area contributed by atoms with E-state index in [0.717, 1.165) is 4.90 Å². The van der Waals surface area contributed by atoms with Gasteiger partial charge in [-0.25, -0.2) is 0 Å². The molecule has 0 bridgehead atoms. The third-order valence-corrected chi connectivity index (χ3v) is 1.72. The lowest BCUT2D eigenvalue weighted by Gasteiger charge is -1.80. The highest BCUT2D eigenvalue weighted by atomic mass is 32.2. The summed E-state index contributed by atoms with van der Waals surface area (Å²) >= 11 is 0. The second-order valence-electron chi connectivity index (χ2n) is 1.41. The van der Waals surface area contributed by atoms with Crippen LogP contribution in [0.2, 0.25) is 0 Å². The molecule has 1 aromatic heterocycles. The van der Waals surface area contributed by atoms with Gasteiger partial charge >= 0.3 is 0 Å². The smallest absolute Gasteiger partial charge is 0.106 e. The molecule has 0 aromatic carbocycles. The molecule has 1 heterocycles. The molecular weight excluding hydrogens is 148 g/mol. The Kier molecular flexibility index (Phi) is 4.94. The molecule has 0 saturated heterocycles. The minimum absolute atomic E-state index is 0.741. The van der Waals surface area contributed by atoms with Crippen molar-refractivity contribution in [1.82, 2.24) is 0 Å². The Morgan fingerprint density at radius 3 is 2.30 bits per heavy atom. The second kappa shape index (κ2) is 5.23. The van der Waals surface area contributed by atoms with Gasteiger partial charge in [0.25, 0.3) is 0 Å². The van der Waals surface area contributed by atoms with E-state index in [1.54, 1.807) is 12.3 Å². The van der Waals surface area contributed by atoms with Crippen molar-refractivity contribution < 1.29 is 8.63 Å². The van der Waals surface area contributed by atoms with Gasteiger partial charge in [-0.3, -0.25) is 4.21 Å². The van der Waals surface area contributed by atoms with Crippen LogP contribution in [0.4, 0.5) is 0 Å². The maximum atomic E-state index is 10.6. The fraction of sp³-hybridized carbons (Fsp3) is 0.429. The first-order chi connectivity index (χ1) is 4.80. The van der Waals surface area contributed by atoms with Crippen molar-refractivity contribution in [1.29, 1.82) is 0 Å². The molecule has 3 heteroatoms. The summed E-state index contributed by atoms with van der Waals surface area (Å²) in [6.45, 7) is 4.00. The Morgan fingerprint density at radius 2 is 2.10 bits per heavy atom. The van der Waals surface area contributed by atoms with Gasteiger partial charge in [0.1, 0.15) is 6.26 Å². The topological polar surface area (TPSA) is 30.2 Å². The fourth-order valence-corrected chi connectivity index (χ4v) is 0.854. The number of hydrogen-bond acceptors (Lipinski definition) is 2. The number of rotatable bonds is 1. The lowest BCUT2D eigenvalue weighted by Crippen LogP contribution is -1.80. The summed E-state index contributed by atoms with van der Waals surface area (Å²) in [6, 6.07) is 1.69. The molecule has 0 aliphatic carbocycles. The minimum Gasteiger partial charge on any atom is -0.471 e. The van der Waals surface area contributed by atoms with Crippen molar-refractivity contribution in [3.8, 4) is 0 Å². The van der Waals surface area contributed by atoms with Gasteiger partial charge in [0, 0.05) is 6.26 Å². The zero-order valence-electron chi connectivity index (χ0n) is 6.46. The molecule has 58 valence electrons. The molecule has 1 unspecified atom stereocenters. The van der Waals surface area contributed by atoms with E-state index in [9.17, 15) is 4.21 Å². The molecular formula is C7H12O2S. The van der Waals surface area contributed by atoms with Gasteiger partial charge < -0.3 is 4.42 Å². The number of hydrogen-bond donors (Lipinski definition) is 0. The van der Waals surface area contributed by atoms with Gasteiger partial charge in [-0.2, -0.15) is 0 Å². The lowest BCUT2D eigenvalue weighted by atomic mass is 10.7. The van der Waals surface area contributed by atoms with Crippen LogP contribution in [0.3, 0.4) is 0 Å². The minimum atomic E-state index is -0.892. The molecule has 10 heavy (non-hydrogen) atoms. The number of furan rings is 1. The first-order valence-corrected chi connectivity index (χ1v) is 4.72. The third-order valence-electron chi connectivity index (χ3n) is 0.827. The van der Waals surface area contributed by atoms with Crippen LogP contribution in [0.25, 0.3) is 0 Å². The Balaban J connectivity index is 0.000000371. The van der Waals surface area contributed by atoms with E-state index in [2.05, 4.69) is 4.42 Å². The van der Waals surface area contributed by atoms with Crippen LogP contribution >= 0.6 is 0 Å². The summed E-state index contributed by atoms with van der Waals surface area (Å²) in [5, 5.41) is 0. The van der Waals surface area contributed by atoms with Crippen LogP contribution in [0.5, 0.6) is 0 Å². The van der Waals surface area contributed by atoms with Crippen molar-refractivity contribution in [3.05, 3.63) is 18.6 Å². The van der Waals surface area contributed by atoms with E-state index < -0.39 is 10.8 Å². The highest BCUT2D eigenvalue weighted by Crippen LogP contribution is 2.02. The van der Waals surface area contributed by atoms with E-state index in [0.29, 0.717) is 0 Å². The Hall–Kier alpha value is -0.570. The maximum absolute atomic E-state index is 10.6. The predicted molar refractivity (Wildman–Crippen MR) is 42.4 cm³/mol. The molecule has 0 radical (unpaired) electrons. The maximum Gasteiger partial charge on any atom is 0.106 e. The quantitative estimate of drug-likeness (QED) is 0.629. The summed E-state index contributed by atoms with van der Waals surface area (Å²) in [5.41, 5.74) is 0. The molecule has 0 fully saturated rings. The van der Waals surface area contributed by atoms with Crippen LogP contribution in [-0.2, 0) is 10.8 Å². The SMILES string of the molecule is CC.CS(=O)c1ccoc1. The molecule has 0 saturated carbocycles. The van der Waals surface area contributed by atoms with Crippen molar-refractivity contribution in [2.24, 2.45) is 0 Å². The van der Waals surface area contributed by atoms with Crippen molar-refractivity contribution in [2.45, 2.75) is 18.7 Å². The average Bonchev–Trinajstić information content (AvgIpc) is 2.42. The molecule has 0 N–H and O–H groups in total. The Bertz CT molecular complexity index is 179. The molecule has 0 aliphatic rings. The zero-order chi connectivity index (χ0) is 7.98. The van der Waals surface area contributed by atoms with E-state index in [1.807, 2.05) is 13.8 Å². The standard InChI is InChI=1S/C5H6O2S.C2H6/c1-8(6)5-2-3-7-4-5;1-2/h2-4H,1H3;1-2H3. The molecule has 0 amide bonds. The first kappa shape index (κ1) is 9.43. The van der Waals surface area contributed by atoms with Gasteiger partial charge in [0.05, 0.1) is 22.0 Å². The van der Waals surface area contributed by atoms with Gasteiger partial charge in [0.15, 0.2) is 0 Å². The molecule has 1 aromatic rings. The van der Waals surface area contributed by atoms with Crippen molar-refractivity contribution in [2.75, 3.05) is 6.26 Å². The van der Waals surface area contributed by atoms with E-state index >= 15 is 0 Å². The van der Waals surface area contributed by atoms with Gasteiger partial charge in [-0.05, 0) is 6.07 Å². The third kappa shape index (κ3) is 2.82. The van der Waals surface area contributed by atoms with Crippen LogP contribution in [-0.4, -0.2) is 10.5 Å². The lowest BCUT2D eigenvalue weighted by molar-refractivity contribution is 0.561. The van der Waals surface area contributed by atoms with E-state index in [-0.39, 0.29) is 0 Å². The fourth-order valence-electron chi connectivity index (χ4n) is 0.416. The van der Waals surface area contributed by atoms with Crippen molar-refractivity contribution in [3.63, 3.8) is 0 Å². The van der Waals surface area contributed by atoms with Crippen LogP contribution in [0.15, 0.2) is 27.9 Å². The molecule has 1 atom stereocenters. The largest absolute Gasteiger partial charge is 0.471 e. The first-order valence-electron chi connectivity index (χ1n) is 3.16. The summed E-state index contributed by atoms with van der Waals surface area (Å²) in [4.78, 5) is 0.741. The van der Waals surface area contributed by atoms with E-state index in [4.69, 9.17) is 0 Å². The average molecular weight is 160 g/mol. The summed E-state index contributed by atoms with van der Waals surface area (Å²) in [7, 11) is -0.892. The highest BCUT2D eigenvalue weighted by Gasteiger charge is 1.94. The van der Waals surface area contributed by atoms with Crippen LogP contribution in [0.1, 0.15) is 13.8 Å². The van der Waals surface area contributed by atoms with Crippen molar-refractivity contribution >= 4 is 10.8 Å². The second-order valence-corrected chi connectivity index (χ2v) is 2.79. The zero-order valence-corrected chi connectivity index (χ0v) is 7.27. The van der Waals surface area contributed by atoms with Gasteiger partial charge in [-0.1, -0.05) is 13.8 Å². The summed E-state index contributed by atoms with van der Waals surface area (Å²) in [6.07, 6.45) is 4.61. The molecule has 0 aliphatic heterocycles. The summed E-state index contributed by atoms with van der Waals surface area (Å²) in [5.74, 6) is 0. The molecule has 2 nitrogen and oxygen atoms in total. The normalized spacial score (nSPS) is 11.5. The molecule has 0 spiro atoms. The van der Waals surface area contributed by atoms with Gasteiger partial charge in [0.2, 0.25) is 0 Å². The van der Waals surface area contributed by atoms with Crippen LogP contribution < -0.4 is 0 Å². The van der Waals surface area contributed by atoms with E-state index in [1.165, 1.54) is 12.5 Å². The Morgan fingerprint density at radius 1 is 1.50 bits per heavy atom. The molecule has 1 rings (SSSR count). The van der Waals surface area contributed by atoms with Crippen LogP contribution in [0, 0.1) is 0 Å². The highest BCUT2D eigenvalue weighted by molar-refractivity contribution is 7.84. The predicted octanol–water partition coefficient (Wildman–Crippen LogP) is 2.04. The monoisotopic (exact) mass is 160 g/mol. The van der Waals surface area contributed by atoms with Gasteiger partial charge in [-0.15, -0.1) is 0 Å². The Labute approximate surface area is 63.7 Å².